The number of aliphatic hydroxyl groups is 1. The molecule has 1 fully saturated rings. The van der Waals surface area contributed by atoms with Gasteiger partial charge in [0.15, 0.2) is 5.75 Å². The maximum Gasteiger partial charge on any atom is 0.300 e. The van der Waals surface area contributed by atoms with E-state index in [2.05, 4.69) is 4.98 Å². The summed E-state index contributed by atoms with van der Waals surface area (Å²) in [5.41, 5.74) is 1.37. The van der Waals surface area contributed by atoms with Gasteiger partial charge in [0, 0.05) is 23.6 Å². The normalized spacial score (nSPS) is 17.2. The molecule has 33 heavy (non-hydrogen) atoms. The Bertz CT molecular complexity index is 1310. The number of rotatable bonds is 4. The fourth-order valence-electron chi connectivity index (χ4n) is 3.70. The molecule has 1 aliphatic rings. The predicted octanol–water partition coefficient (Wildman–Crippen LogP) is 4.89. The molecule has 1 unspecified atom stereocenters. The molecule has 0 aliphatic carbocycles. The average molecular weight is 480 g/mol. The Balaban J connectivity index is 1.94. The summed E-state index contributed by atoms with van der Waals surface area (Å²) in [5.74, 6) is -1.91. The number of halogens is 2. The van der Waals surface area contributed by atoms with Crippen LogP contribution in [0.5, 0.6) is 5.75 Å². The highest BCUT2D eigenvalue weighted by atomic mass is 35.5. The second-order valence-corrected chi connectivity index (χ2v) is 7.90. The number of aliphatic hydroxyl groups excluding tert-OH is 1. The molecular weight excluding hydrogens is 465 g/mol. The highest BCUT2D eigenvalue weighted by Gasteiger charge is 2.47. The van der Waals surface area contributed by atoms with E-state index >= 15 is 0 Å². The molecule has 2 heterocycles. The van der Waals surface area contributed by atoms with Crippen LogP contribution in [0.4, 0.5) is 5.69 Å². The van der Waals surface area contributed by atoms with E-state index in [4.69, 9.17) is 33.2 Å². The number of hydrogen-bond acceptors (Lipinski definition) is 6. The maximum absolute atomic E-state index is 13.1. The minimum atomic E-state index is -0.944. The number of hydrogen-bond donors (Lipinski definition) is 1. The van der Waals surface area contributed by atoms with E-state index in [0.717, 1.165) is 0 Å². The molecule has 1 atom stereocenters. The molecule has 1 aromatic heterocycles. The average Bonchev–Trinajstić information content (AvgIpc) is 3.09. The molecule has 2 aromatic carbocycles. The number of methoxy groups -OCH3 is 1. The minimum absolute atomic E-state index is 0.132. The Hall–Kier alpha value is -3.86. The van der Waals surface area contributed by atoms with Crippen LogP contribution in [0.3, 0.4) is 0 Å². The van der Waals surface area contributed by atoms with Gasteiger partial charge in [-0.25, -0.2) is 0 Å². The molecule has 4 rings (SSSR count). The first-order valence-corrected chi connectivity index (χ1v) is 10.4. The van der Waals surface area contributed by atoms with Crippen molar-refractivity contribution in [2.24, 2.45) is 0 Å². The second-order valence-electron chi connectivity index (χ2n) is 7.08. The number of ether oxygens (including phenoxy) is 1. The quantitative estimate of drug-likeness (QED) is 0.324. The maximum atomic E-state index is 13.1. The summed E-state index contributed by atoms with van der Waals surface area (Å²) in [7, 11) is 1.40. The van der Waals surface area contributed by atoms with Crippen molar-refractivity contribution >= 4 is 46.3 Å². The van der Waals surface area contributed by atoms with Gasteiger partial charge < -0.3 is 9.84 Å². The molecule has 0 spiro atoms. The summed E-state index contributed by atoms with van der Waals surface area (Å²) in [6, 6.07) is 13.4. The molecule has 0 saturated carbocycles. The Labute approximate surface area is 199 Å². The largest absolute Gasteiger partial charge is 0.507 e. The Morgan fingerprint density at radius 1 is 1.09 bits per heavy atom. The topological polar surface area (TPSA) is 104 Å². The van der Waals surface area contributed by atoms with Crippen LogP contribution in [0, 0.1) is 11.3 Å². The number of anilines is 1. The molecule has 1 saturated heterocycles. The third-order valence-corrected chi connectivity index (χ3v) is 5.78. The van der Waals surface area contributed by atoms with Gasteiger partial charge in [-0.3, -0.25) is 19.5 Å². The summed E-state index contributed by atoms with van der Waals surface area (Å²) in [5, 5.41) is 20.5. The van der Waals surface area contributed by atoms with Crippen molar-refractivity contribution in [2.75, 3.05) is 12.0 Å². The lowest BCUT2D eigenvalue weighted by Crippen LogP contribution is -2.29. The fourth-order valence-corrected chi connectivity index (χ4v) is 4.35. The van der Waals surface area contributed by atoms with Crippen LogP contribution in [0.1, 0.15) is 22.7 Å². The molecular formula is C24H15Cl2N3O4. The molecule has 9 heteroatoms. The molecule has 1 N–H and O–H groups in total. The van der Waals surface area contributed by atoms with E-state index in [9.17, 15) is 14.7 Å². The standard InChI is InChI=1S/C24H15Cl2N3O4/c1-33-23-17(25)10-15(11-18(23)26)21(30)19-20(14-6-8-28-9-7-14)29(24(32)22(19)31)16-4-2-13(12-27)3-5-16/h2-11,20,30H,1H3/b21-19+. The van der Waals surface area contributed by atoms with Gasteiger partial charge in [-0.05, 0) is 54.1 Å². The van der Waals surface area contributed by atoms with Gasteiger partial charge in [-0.2, -0.15) is 5.26 Å². The smallest absolute Gasteiger partial charge is 0.300 e. The Morgan fingerprint density at radius 3 is 2.24 bits per heavy atom. The number of Topliss-reactive ketones (excluding diaryl/α,β-unsaturated/α-hetero) is 1. The number of nitrogens with zero attached hydrogens (tertiary/aromatic N) is 3. The summed E-state index contributed by atoms with van der Waals surface area (Å²) in [4.78, 5) is 31.5. The number of carbonyl (C=O) groups excluding carboxylic acids is 2. The lowest BCUT2D eigenvalue weighted by atomic mass is 9.95. The van der Waals surface area contributed by atoms with Crippen LogP contribution < -0.4 is 9.64 Å². The van der Waals surface area contributed by atoms with Crippen LogP contribution >= 0.6 is 23.2 Å². The SMILES string of the molecule is COc1c(Cl)cc(/C(O)=C2\C(=O)C(=O)N(c3ccc(C#N)cc3)C2c2ccncc2)cc1Cl. The molecule has 164 valence electrons. The van der Waals surface area contributed by atoms with Crippen LogP contribution in [0.15, 0.2) is 66.5 Å². The predicted molar refractivity (Wildman–Crippen MR) is 123 cm³/mol. The lowest BCUT2D eigenvalue weighted by Gasteiger charge is -2.25. The van der Waals surface area contributed by atoms with Crippen LogP contribution in [-0.4, -0.2) is 28.9 Å². The number of carbonyl (C=O) groups is 2. The van der Waals surface area contributed by atoms with Gasteiger partial charge in [0.2, 0.25) is 0 Å². The minimum Gasteiger partial charge on any atom is -0.507 e. The van der Waals surface area contributed by atoms with Gasteiger partial charge in [0.1, 0.15) is 5.76 Å². The third-order valence-electron chi connectivity index (χ3n) is 5.22. The highest BCUT2D eigenvalue weighted by molar-refractivity contribution is 6.51. The van der Waals surface area contributed by atoms with Gasteiger partial charge in [-0.1, -0.05) is 23.2 Å². The molecule has 1 aliphatic heterocycles. The monoisotopic (exact) mass is 479 g/mol. The fraction of sp³-hybridized carbons (Fsp3) is 0.0833. The van der Waals surface area contributed by atoms with Crippen molar-refractivity contribution in [3.8, 4) is 11.8 Å². The zero-order valence-corrected chi connectivity index (χ0v) is 18.6. The van der Waals surface area contributed by atoms with Crippen LogP contribution in [0.2, 0.25) is 10.0 Å². The number of aromatic nitrogens is 1. The first kappa shape index (κ1) is 22.3. The zero-order chi connectivity index (χ0) is 23.7. The molecule has 7 nitrogen and oxygen atoms in total. The zero-order valence-electron chi connectivity index (χ0n) is 17.1. The van der Waals surface area contributed by atoms with Crippen LogP contribution in [0.25, 0.3) is 5.76 Å². The van der Waals surface area contributed by atoms with E-state index in [1.807, 2.05) is 6.07 Å². The van der Waals surface area contributed by atoms with Gasteiger partial charge in [-0.15, -0.1) is 0 Å². The van der Waals surface area contributed by atoms with Gasteiger partial charge in [0.25, 0.3) is 11.7 Å². The highest BCUT2D eigenvalue weighted by Crippen LogP contribution is 2.43. The van der Waals surface area contributed by atoms with E-state index < -0.39 is 23.5 Å². The number of ketones is 1. The second kappa shape index (κ2) is 8.94. The van der Waals surface area contributed by atoms with E-state index in [0.29, 0.717) is 16.8 Å². The van der Waals surface area contributed by atoms with Gasteiger partial charge >= 0.3 is 0 Å². The van der Waals surface area contributed by atoms with E-state index in [1.165, 1.54) is 36.5 Å². The van der Waals surface area contributed by atoms with Gasteiger partial charge in [0.05, 0.1) is 40.4 Å². The summed E-state index contributed by atoms with van der Waals surface area (Å²) in [6.45, 7) is 0. The molecule has 3 aromatic rings. The van der Waals surface area contributed by atoms with Crippen LogP contribution in [-0.2, 0) is 9.59 Å². The molecule has 1 amide bonds. The van der Waals surface area contributed by atoms with Crippen molar-refractivity contribution in [1.82, 2.24) is 4.98 Å². The molecule has 0 radical (unpaired) electrons. The third kappa shape index (κ3) is 3.91. The van der Waals surface area contributed by atoms with E-state index in [-0.39, 0.29) is 26.9 Å². The number of benzene rings is 2. The first-order chi connectivity index (χ1) is 15.9. The van der Waals surface area contributed by atoms with Crippen molar-refractivity contribution in [3.05, 3.63) is 93.2 Å². The lowest BCUT2D eigenvalue weighted by molar-refractivity contribution is -0.132. The first-order valence-electron chi connectivity index (χ1n) is 9.62. The van der Waals surface area contributed by atoms with Crippen molar-refractivity contribution in [2.45, 2.75) is 6.04 Å². The number of nitriles is 1. The number of pyridine rings is 1. The Morgan fingerprint density at radius 2 is 1.70 bits per heavy atom. The summed E-state index contributed by atoms with van der Waals surface area (Å²) in [6.07, 6.45) is 3.05. The van der Waals surface area contributed by atoms with Crippen molar-refractivity contribution < 1.29 is 19.4 Å². The molecule has 0 bridgehead atoms. The number of amides is 1. The van der Waals surface area contributed by atoms with Crippen molar-refractivity contribution in [3.63, 3.8) is 0 Å². The van der Waals surface area contributed by atoms with Crippen molar-refractivity contribution in [1.29, 1.82) is 5.26 Å². The van der Waals surface area contributed by atoms with E-state index in [1.54, 1.807) is 36.4 Å². The summed E-state index contributed by atoms with van der Waals surface area (Å²) >= 11 is 12.4. The summed E-state index contributed by atoms with van der Waals surface area (Å²) < 4.78 is 5.14. The Kier molecular flexibility index (Phi) is 6.05.